The van der Waals surface area contributed by atoms with E-state index in [2.05, 4.69) is 21.4 Å². The summed E-state index contributed by atoms with van der Waals surface area (Å²) in [6.07, 6.45) is 4.87. The van der Waals surface area contributed by atoms with Crippen LogP contribution in [0.25, 0.3) is 10.9 Å². The van der Waals surface area contributed by atoms with Gasteiger partial charge in [0.2, 0.25) is 10.0 Å². The third-order valence-electron chi connectivity index (χ3n) is 3.51. The zero-order chi connectivity index (χ0) is 15.6. The second-order valence-corrected chi connectivity index (χ2v) is 6.93. The number of aromatic amines is 1. The molecule has 8 heteroatoms. The maximum absolute atomic E-state index is 10.9. The van der Waals surface area contributed by atoms with Gasteiger partial charge in [0, 0.05) is 36.3 Å². The molecule has 2 heterocycles. The van der Waals surface area contributed by atoms with Crippen LogP contribution in [0.2, 0.25) is 0 Å². The lowest BCUT2D eigenvalue weighted by Crippen LogP contribution is -2.18. The molecule has 3 N–H and O–H groups in total. The van der Waals surface area contributed by atoms with E-state index in [1.165, 1.54) is 10.9 Å². The van der Waals surface area contributed by atoms with Crippen LogP contribution in [0.1, 0.15) is 11.3 Å². The first-order chi connectivity index (χ1) is 10.5. The number of rotatable bonds is 6. The van der Waals surface area contributed by atoms with E-state index >= 15 is 0 Å². The SMILES string of the molecule is NS(=O)(=O)CCc1cn(CCc2c[nH]c3ccccc23)nn1. The van der Waals surface area contributed by atoms with Gasteiger partial charge in [0.15, 0.2) is 0 Å². The first-order valence-electron chi connectivity index (χ1n) is 6.96. The molecule has 0 spiro atoms. The number of nitrogens with one attached hydrogen (secondary N) is 1. The third kappa shape index (κ3) is 3.52. The molecule has 116 valence electrons. The number of aryl methyl sites for hydroxylation is 3. The van der Waals surface area contributed by atoms with E-state index in [0.717, 1.165) is 11.9 Å². The zero-order valence-corrected chi connectivity index (χ0v) is 12.8. The molecule has 7 nitrogen and oxygen atoms in total. The first kappa shape index (κ1) is 14.7. The van der Waals surface area contributed by atoms with Crippen LogP contribution in [0.5, 0.6) is 0 Å². The molecular weight excluding hydrogens is 302 g/mol. The van der Waals surface area contributed by atoms with Crippen LogP contribution in [0.4, 0.5) is 0 Å². The Kier molecular flexibility index (Phi) is 3.95. The summed E-state index contributed by atoms with van der Waals surface area (Å²) in [6.45, 7) is 0.685. The van der Waals surface area contributed by atoms with Gasteiger partial charge >= 0.3 is 0 Å². The Hall–Kier alpha value is -2.19. The number of para-hydroxylation sites is 1. The normalized spacial score (nSPS) is 12.0. The summed E-state index contributed by atoms with van der Waals surface area (Å²) >= 11 is 0. The van der Waals surface area contributed by atoms with Crippen molar-refractivity contribution < 1.29 is 8.42 Å². The number of nitrogens with zero attached hydrogens (tertiary/aromatic N) is 3. The van der Waals surface area contributed by atoms with Crippen LogP contribution in [0.3, 0.4) is 0 Å². The molecule has 0 aliphatic carbocycles. The van der Waals surface area contributed by atoms with Gasteiger partial charge in [0.1, 0.15) is 0 Å². The van der Waals surface area contributed by atoms with Gasteiger partial charge in [0.25, 0.3) is 0 Å². The molecule has 0 fully saturated rings. The number of hydrogen-bond donors (Lipinski definition) is 2. The minimum atomic E-state index is -3.47. The Labute approximate surface area is 128 Å². The third-order valence-corrected chi connectivity index (χ3v) is 4.29. The van der Waals surface area contributed by atoms with Crippen molar-refractivity contribution in [2.24, 2.45) is 5.14 Å². The molecule has 1 aromatic carbocycles. The molecule has 3 aromatic rings. The number of sulfonamides is 1. The van der Waals surface area contributed by atoms with E-state index in [4.69, 9.17) is 5.14 Å². The molecule has 0 radical (unpaired) electrons. The minimum Gasteiger partial charge on any atom is -0.361 e. The standard InChI is InChI=1S/C14H17N5O2S/c15-22(20,21)8-6-12-10-19(18-17-12)7-5-11-9-16-14-4-2-1-3-13(11)14/h1-4,9-10,16H,5-8H2,(H2,15,20,21). The molecule has 0 saturated heterocycles. The molecule has 0 unspecified atom stereocenters. The molecular formula is C14H17N5O2S. The predicted molar refractivity (Wildman–Crippen MR) is 83.7 cm³/mol. The molecule has 0 saturated carbocycles. The van der Waals surface area contributed by atoms with Gasteiger partial charge in [0.05, 0.1) is 11.4 Å². The molecule has 0 amide bonds. The molecule has 22 heavy (non-hydrogen) atoms. The smallest absolute Gasteiger partial charge is 0.209 e. The van der Waals surface area contributed by atoms with Gasteiger partial charge < -0.3 is 4.98 Å². The lowest BCUT2D eigenvalue weighted by atomic mass is 10.1. The quantitative estimate of drug-likeness (QED) is 0.702. The molecule has 3 rings (SSSR count). The monoisotopic (exact) mass is 319 g/mol. The Balaban J connectivity index is 1.63. The van der Waals surface area contributed by atoms with Crippen molar-refractivity contribution in [1.29, 1.82) is 0 Å². The van der Waals surface area contributed by atoms with Gasteiger partial charge in [-0.05, 0) is 18.1 Å². The summed E-state index contributed by atoms with van der Waals surface area (Å²) in [5.41, 5.74) is 2.97. The summed E-state index contributed by atoms with van der Waals surface area (Å²) in [5, 5.41) is 14.2. The van der Waals surface area contributed by atoms with Crippen LogP contribution in [-0.2, 0) is 29.4 Å². The van der Waals surface area contributed by atoms with E-state index in [-0.39, 0.29) is 12.2 Å². The Morgan fingerprint density at radius 3 is 2.86 bits per heavy atom. The average molecular weight is 319 g/mol. The largest absolute Gasteiger partial charge is 0.361 e. The number of benzene rings is 1. The topological polar surface area (TPSA) is 107 Å². The van der Waals surface area contributed by atoms with Crippen LogP contribution >= 0.6 is 0 Å². The number of aromatic nitrogens is 4. The number of hydrogen-bond acceptors (Lipinski definition) is 4. The average Bonchev–Trinajstić information content (AvgIpc) is 3.09. The highest BCUT2D eigenvalue weighted by Crippen LogP contribution is 2.18. The number of H-pyrrole nitrogens is 1. The Morgan fingerprint density at radius 1 is 1.23 bits per heavy atom. The number of primary sulfonamides is 1. The maximum Gasteiger partial charge on any atom is 0.209 e. The van der Waals surface area contributed by atoms with Gasteiger partial charge in [-0.15, -0.1) is 5.10 Å². The predicted octanol–water partition coefficient (Wildman–Crippen LogP) is 0.833. The van der Waals surface area contributed by atoms with Gasteiger partial charge in [-0.1, -0.05) is 23.4 Å². The fraction of sp³-hybridized carbons (Fsp3) is 0.286. The summed E-state index contributed by atoms with van der Waals surface area (Å²) < 4.78 is 23.6. The van der Waals surface area contributed by atoms with Crippen molar-refractivity contribution in [1.82, 2.24) is 20.0 Å². The van der Waals surface area contributed by atoms with Crippen LogP contribution in [0, 0.1) is 0 Å². The lowest BCUT2D eigenvalue weighted by molar-refractivity contribution is 0.590. The van der Waals surface area contributed by atoms with E-state index in [1.807, 2.05) is 24.4 Å². The van der Waals surface area contributed by atoms with Crippen molar-refractivity contribution in [3.63, 3.8) is 0 Å². The van der Waals surface area contributed by atoms with Crippen molar-refractivity contribution in [2.75, 3.05) is 5.75 Å². The fourth-order valence-electron chi connectivity index (χ4n) is 2.38. The van der Waals surface area contributed by atoms with Gasteiger partial charge in [-0.3, -0.25) is 4.68 Å². The fourth-order valence-corrected chi connectivity index (χ4v) is 2.88. The van der Waals surface area contributed by atoms with E-state index < -0.39 is 10.0 Å². The lowest BCUT2D eigenvalue weighted by Gasteiger charge is -1.99. The van der Waals surface area contributed by atoms with Crippen molar-refractivity contribution >= 4 is 20.9 Å². The van der Waals surface area contributed by atoms with Gasteiger partial charge in [-0.25, -0.2) is 13.6 Å². The van der Waals surface area contributed by atoms with Crippen molar-refractivity contribution in [3.8, 4) is 0 Å². The second-order valence-electron chi connectivity index (χ2n) is 5.20. The molecule has 0 bridgehead atoms. The number of fused-ring (bicyclic) bond motifs is 1. The number of nitrogens with two attached hydrogens (primary N) is 1. The van der Waals surface area contributed by atoms with E-state index in [1.54, 1.807) is 10.9 Å². The van der Waals surface area contributed by atoms with E-state index in [9.17, 15) is 8.42 Å². The Morgan fingerprint density at radius 2 is 2.05 bits per heavy atom. The highest BCUT2D eigenvalue weighted by Gasteiger charge is 2.08. The second kappa shape index (κ2) is 5.90. The van der Waals surface area contributed by atoms with Crippen molar-refractivity contribution in [3.05, 3.63) is 47.9 Å². The minimum absolute atomic E-state index is 0.117. The highest BCUT2D eigenvalue weighted by molar-refractivity contribution is 7.89. The molecule has 0 aliphatic heterocycles. The van der Waals surface area contributed by atoms with Crippen LogP contribution in [-0.4, -0.2) is 34.1 Å². The molecule has 0 aliphatic rings. The molecule has 0 atom stereocenters. The maximum atomic E-state index is 10.9. The van der Waals surface area contributed by atoms with Crippen LogP contribution < -0.4 is 5.14 Å². The van der Waals surface area contributed by atoms with E-state index in [0.29, 0.717) is 12.2 Å². The zero-order valence-electron chi connectivity index (χ0n) is 11.9. The Bertz CT molecular complexity index is 881. The summed E-state index contributed by atoms with van der Waals surface area (Å²) in [7, 11) is -3.47. The summed E-state index contributed by atoms with van der Waals surface area (Å²) in [6, 6.07) is 8.14. The van der Waals surface area contributed by atoms with Crippen LogP contribution in [0.15, 0.2) is 36.7 Å². The first-order valence-corrected chi connectivity index (χ1v) is 8.67. The van der Waals surface area contributed by atoms with Crippen molar-refractivity contribution in [2.45, 2.75) is 19.4 Å². The summed E-state index contributed by atoms with van der Waals surface area (Å²) in [4.78, 5) is 3.24. The van der Waals surface area contributed by atoms with Gasteiger partial charge in [-0.2, -0.15) is 0 Å². The summed E-state index contributed by atoms with van der Waals surface area (Å²) in [5.74, 6) is -0.117. The highest BCUT2D eigenvalue weighted by atomic mass is 32.2. The molecule has 2 aromatic heterocycles.